The molecule has 0 aromatic heterocycles. The standard InChI is InChI=1S/C35H32N2O11S2.C20H22N2O5/c1-21-15-25(32(39)36-49(43,44)28-11-7-5-8-12-28)16-22(2)30(21)34(41)47-19-27(38)20-48-35(42)31-23(3)17-26(18-24(31)4)33(40)37-50(45,46)29-13-9-6-10-14-29;1-14(19(24)25)21-18(23)17(12-15-8-4-2-5-9-15)22-20(26)27-13-16-10-6-3-7-11-16/h5-18H,19-20H2,1-4H3,(H,36,39)(H,37,40);2-11,14,17H,12-13H2,1H3,(H,21,23)(H,22,26)(H,24,25)/t;14-,17-/m.0/s1. The van der Waals surface area contributed by atoms with Crippen LogP contribution < -0.4 is 20.1 Å². The van der Waals surface area contributed by atoms with Crippen LogP contribution in [0, 0.1) is 27.7 Å². The quantitative estimate of drug-likeness (QED) is 0.0442. The predicted molar refractivity (Wildman–Crippen MR) is 279 cm³/mol. The maximum absolute atomic E-state index is 12.8. The number of aryl methyl sites for hydroxylation is 4. The number of carbonyl (C=O) groups excluding carboxylic acids is 7. The average Bonchev–Trinajstić information content (AvgIpc) is 3.39. The topological polar surface area (TPSA) is 301 Å². The third-order valence-corrected chi connectivity index (χ3v) is 13.8. The SMILES string of the molecule is C[C@H](NC(=O)[C@H](Cc1ccccc1)NC(=O)OCc1ccccc1)C(=O)O.Cc1cc(C(=O)NS(=O)(=O)c2ccccc2)cc(C)c1C(=O)OCC(=O)COC(=O)c1c(C)cc(C(=O)NS(=O)(=O)c2ccccc2)cc1C. The molecule has 2 atom stereocenters. The second-order valence-corrected chi connectivity index (χ2v) is 20.5. The van der Waals surface area contributed by atoms with Gasteiger partial charge in [0, 0.05) is 17.5 Å². The van der Waals surface area contributed by atoms with Crippen LogP contribution in [0.5, 0.6) is 0 Å². The number of ether oxygens (including phenoxy) is 3. The van der Waals surface area contributed by atoms with E-state index in [4.69, 9.17) is 19.3 Å². The van der Waals surface area contributed by atoms with Crippen molar-refractivity contribution in [1.29, 1.82) is 0 Å². The zero-order chi connectivity index (χ0) is 56.5. The molecule has 0 fully saturated rings. The first-order chi connectivity index (χ1) is 36.4. The number of benzene rings is 6. The van der Waals surface area contributed by atoms with Gasteiger partial charge in [-0.25, -0.2) is 40.7 Å². The molecule has 6 rings (SSSR count). The molecule has 0 radical (unpaired) electrons. The fourth-order valence-electron chi connectivity index (χ4n) is 7.33. The molecule has 402 valence electrons. The fourth-order valence-corrected chi connectivity index (χ4v) is 9.32. The Labute approximate surface area is 444 Å². The Bertz CT molecular complexity index is 3170. The van der Waals surface area contributed by atoms with Gasteiger partial charge in [0.25, 0.3) is 31.9 Å². The number of carbonyl (C=O) groups is 8. The molecular formula is C55H54N4O16S2. The maximum atomic E-state index is 12.8. The monoisotopic (exact) mass is 1090 g/mol. The lowest BCUT2D eigenvalue weighted by atomic mass is 9.99. The third kappa shape index (κ3) is 17.3. The maximum Gasteiger partial charge on any atom is 0.408 e. The Morgan fingerprint density at radius 2 is 0.870 bits per heavy atom. The van der Waals surface area contributed by atoms with Gasteiger partial charge in [0.15, 0.2) is 13.2 Å². The molecule has 22 heteroatoms. The summed E-state index contributed by atoms with van der Waals surface area (Å²) < 4.78 is 69.5. The Hall–Kier alpha value is -9.02. The summed E-state index contributed by atoms with van der Waals surface area (Å²) in [4.78, 5) is 98.9. The predicted octanol–water partition coefficient (Wildman–Crippen LogP) is 5.85. The van der Waals surface area contributed by atoms with Gasteiger partial charge in [-0.05, 0) is 117 Å². The van der Waals surface area contributed by atoms with Crippen LogP contribution in [0.2, 0.25) is 0 Å². The normalized spacial score (nSPS) is 11.7. The van der Waals surface area contributed by atoms with Crippen LogP contribution in [0.25, 0.3) is 0 Å². The summed E-state index contributed by atoms with van der Waals surface area (Å²) in [7, 11) is -8.27. The highest BCUT2D eigenvalue weighted by Gasteiger charge is 2.27. The number of alkyl carbamates (subject to hydrolysis) is 1. The van der Waals surface area contributed by atoms with Crippen LogP contribution in [0.4, 0.5) is 4.79 Å². The minimum atomic E-state index is -4.13. The minimum absolute atomic E-state index is 0.0180. The van der Waals surface area contributed by atoms with Gasteiger partial charge in [-0.1, -0.05) is 97.1 Å². The van der Waals surface area contributed by atoms with E-state index in [1.807, 2.05) is 70.1 Å². The molecule has 0 saturated carbocycles. The van der Waals surface area contributed by atoms with Crippen molar-refractivity contribution in [3.05, 3.63) is 201 Å². The van der Waals surface area contributed by atoms with Gasteiger partial charge < -0.3 is 30.0 Å². The van der Waals surface area contributed by atoms with Crippen LogP contribution in [-0.2, 0) is 61.7 Å². The van der Waals surface area contributed by atoms with Crippen molar-refractivity contribution in [2.24, 2.45) is 0 Å². The Balaban J connectivity index is 0.000000341. The van der Waals surface area contributed by atoms with E-state index in [2.05, 4.69) is 10.6 Å². The highest BCUT2D eigenvalue weighted by molar-refractivity contribution is 7.90. The van der Waals surface area contributed by atoms with Crippen LogP contribution >= 0.6 is 0 Å². The highest BCUT2D eigenvalue weighted by atomic mass is 32.2. The van der Waals surface area contributed by atoms with Gasteiger partial charge in [-0.15, -0.1) is 0 Å². The van der Waals surface area contributed by atoms with E-state index < -0.39 is 92.8 Å². The summed E-state index contributed by atoms with van der Waals surface area (Å²) in [5.41, 5.74) is 2.88. The molecule has 0 saturated heterocycles. The number of esters is 2. The number of Topliss-reactive ketones (excluding diaryl/α,β-unsaturated/α-hetero) is 1. The zero-order valence-electron chi connectivity index (χ0n) is 42.2. The average molecular weight is 1090 g/mol. The first-order valence-electron chi connectivity index (χ1n) is 23.3. The Kier molecular flexibility index (Phi) is 20.6. The molecule has 5 N–H and O–H groups in total. The van der Waals surface area contributed by atoms with Crippen LogP contribution in [0.1, 0.15) is 81.7 Å². The van der Waals surface area contributed by atoms with Gasteiger partial charge in [-0.2, -0.15) is 0 Å². The summed E-state index contributed by atoms with van der Waals surface area (Å²) in [6, 6.07) is 36.1. The number of carboxylic acid groups (broad SMARTS) is 1. The second kappa shape index (κ2) is 27.0. The lowest BCUT2D eigenvalue weighted by Gasteiger charge is -2.20. The summed E-state index contributed by atoms with van der Waals surface area (Å²) in [6.07, 6.45) is -0.544. The third-order valence-electron chi connectivity index (χ3n) is 11.1. The van der Waals surface area contributed by atoms with Gasteiger partial charge in [0.1, 0.15) is 18.7 Å². The Morgan fingerprint density at radius 3 is 1.25 bits per heavy atom. The van der Waals surface area contributed by atoms with E-state index in [-0.39, 0.29) is 67.3 Å². The number of ketones is 1. The number of rotatable bonds is 20. The summed E-state index contributed by atoms with van der Waals surface area (Å²) >= 11 is 0. The lowest BCUT2D eigenvalue weighted by molar-refractivity contribution is -0.141. The summed E-state index contributed by atoms with van der Waals surface area (Å²) in [5, 5.41) is 13.9. The molecule has 0 aliphatic carbocycles. The molecule has 20 nitrogen and oxygen atoms in total. The van der Waals surface area contributed by atoms with Crippen molar-refractivity contribution in [3.63, 3.8) is 0 Å². The largest absolute Gasteiger partial charge is 0.480 e. The molecule has 0 aliphatic heterocycles. The number of aliphatic carboxylic acids is 1. The van der Waals surface area contributed by atoms with E-state index in [1.165, 1.54) is 107 Å². The number of carboxylic acids is 1. The molecule has 6 aromatic rings. The van der Waals surface area contributed by atoms with Crippen molar-refractivity contribution in [1.82, 2.24) is 20.1 Å². The minimum Gasteiger partial charge on any atom is -0.480 e. The van der Waals surface area contributed by atoms with Crippen molar-refractivity contribution < 1.29 is 74.5 Å². The van der Waals surface area contributed by atoms with Crippen LogP contribution in [0.15, 0.2) is 155 Å². The molecular weight excluding hydrogens is 1040 g/mol. The molecule has 0 aliphatic rings. The number of nitrogens with one attached hydrogen (secondary N) is 4. The van der Waals surface area contributed by atoms with Crippen LogP contribution in [0.3, 0.4) is 0 Å². The van der Waals surface area contributed by atoms with E-state index in [0.29, 0.717) is 0 Å². The summed E-state index contributed by atoms with van der Waals surface area (Å²) in [5.74, 6) is -6.09. The van der Waals surface area contributed by atoms with Crippen molar-refractivity contribution in [2.75, 3.05) is 13.2 Å². The van der Waals surface area contributed by atoms with Crippen molar-refractivity contribution >= 4 is 67.6 Å². The molecule has 77 heavy (non-hydrogen) atoms. The van der Waals surface area contributed by atoms with Crippen molar-refractivity contribution in [2.45, 2.75) is 69.5 Å². The number of hydrogen-bond donors (Lipinski definition) is 5. The van der Waals surface area contributed by atoms with Gasteiger partial charge in [0.2, 0.25) is 11.7 Å². The highest BCUT2D eigenvalue weighted by Crippen LogP contribution is 2.21. The number of amides is 4. The molecule has 0 heterocycles. The van der Waals surface area contributed by atoms with Crippen LogP contribution in [-0.4, -0.2) is 94.7 Å². The van der Waals surface area contributed by atoms with Gasteiger partial charge in [-0.3, -0.25) is 24.0 Å². The number of hydrogen-bond acceptors (Lipinski definition) is 15. The molecule has 0 spiro atoms. The number of sulfonamides is 2. The smallest absolute Gasteiger partial charge is 0.408 e. The lowest BCUT2D eigenvalue weighted by Crippen LogP contribution is -2.51. The molecule has 0 unspecified atom stereocenters. The Morgan fingerprint density at radius 1 is 0.506 bits per heavy atom. The van der Waals surface area contributed by atoms with Gasteiger partial charge >= 0.3 is 24.0 Å². The van der Waals surface area contributed by atoms with Crippen molar-refractivity contribution in [3.8, 4) is 0 Å². The van der Waals surface area contributed by atoms with E-state index in [9.17, 15) is 55.2 Å². The van der Waals surface area contributed by atoms with E-state index in [1.54, 1.807) is 12.1 Å². The fraction of sp³-hybridized carbons (Fsp3) is 0.200. The van der Waals surface area contributed by atoms with E-state index >= 15 is 0 Å². The molecule has 6 aromatic carbocycles. The summed E-state index contributed by atoms with van der Waals surface area (Å²) in [6.45, 7) is 5.99. The van der Waals surface area contributed by atoms with E-state index in [0.717, 1.165) is 11.1 Å². The molecule has 0 bridgehead atoms. The zero-order valence-corrected chi connectivity index (χ0v) is 43.9. The van der Waals surface area contributed by atoms with Gasteiger partial charge in [0.05, 0.1) is 20.9 Å². The molecule has 4 amide bonds. The first kappa shape index (κ1) is 58.9. The first-order valence-corrected chi connectivity index (χ1v) is 26.3. The second-order valence-electron chi connectivity index (χ2n) is 17.2.